The lowest BCUT2D eigenvalue weighted by Crippen LogP contribution is -2.53. The fourth-order valence-electron chi connectivity index (χ4n) is 3.21. The molecule has 1 amide bonds. The Kier molecular flexibility index (Phi) is 4.00. The van der Waals surface area contributed by atoms with Crippen LogP contribution in [0.2, 0.25) is 0 Å². The third-order valence-corrected chi connectivity index (χ3v) is 4.21. The van der Waals surface area contributed by atoms with Crippen LogP contribution in [-0.2, 0) is 10.2 Å². The predicted octanol–water partition coefficient (Wildman–Crippen LogP) is 1.51. The standard InChI is InChI=1S/C15H21N3O/c1-2-5-11-10-12(16)7-8-15(11,14(17)19)13-6-3-4-9-18-13/h2-4,6,9,11-12H,1,5,7-8,10,16H2,(H2,17,19)/t11-,12+,15?/m0/s1. The first-order valence-corrected chi connectivity index (χ1v) is 6.69. The molecule has 0 radical (unpaired) electrons. The van der Waals surface area contributed by atoms with Gasteiger partial charge in [0, 0.05) is 12.2 Å². The molecule has 1 aliphatic carbocycles. The van der Waals surface area contributed by atoms with E-state index in [4.69, 9.17) is 11.5 Å². The van der Waals surface area contributed by atoms with E-state index >= 15 is 0 Å². The first-order valence-electron chi connectivity index (χ1n) is 6.69. The fraction of sp³-hybridized carbons (Fsp3) is 0.467. The number of pyridine rings is 1. The molecular weight excluding hydrogens is 238 g/mol. The summed E-state index contributed by atoms with van der Waals surface area (Å²) in [4.78, 5) is 16.6. The number of carbonyl (C=O) groups excluding carboxylic acids is 1. The minimum absolute atomic E-state index is 0.0844. The molecule has 4 heteroatoms. The largest absolute Gasteiger partial charge is 0.369 e. The van der Waals surface area contributed by atoms with Crippen molar-refractivity contribution in [3.05, 3.63) is 42.7 Å². The molecule has 19 heavy (non-hydrogen) atoms. The van der Waals surface area contributed by atoms with Gasteiger partial charge in [0.05, 0.1) is 11.1 Å². The molecule has 1 heterocycles. The molecule has 0 bridgehead atoms. The summed E-state index contributed by atoms with van der Waals surface area (Å²) < 4.78 is 0. The SMILES string of the molecule is C=CC[C@H]1C[C@H](N)CCC1(C(N)=O)c1ccccn1. The van der Waals surface area contributed by atoms with Gasteiger partial charge in [-0.25, -0.2) is 0 Å². The Morgan fingerprint density at radius 1 is 1.58 bits per heavy atom. The highest BCUT2D eigenvalue weighted by atomic mass is 16.1. The lowest BCUT2D eigenvalue weighted by atomic mass is 9.61. The third-order valence-electron chi connectivity index (χ3n) is 4.21. The quantitative estimate of drug-likeness (QED) is 0.804. The Bertz CT molecular complexity index is 460. The Balaban J connectivity index is 2.47. The number of hydrogen-bond acceptors (Lipinski definition) is 3. The second-order valence-corrected chi connectivity index (χ2v) is 5.31. The fourth-order valence-corrected chi connectivity index (χ4v) is 3.21. The molecule has 2 rings (SSSR count). The van der Waals surface area contributed by atoms with Gasteiger partial charge in [-0.05, 0) is 43.7 Å². The second-order valence-electron chi connectivity index (χ2n) is 5.31. The molecule has 3 atom stereocenters. The molecule has 1 unspecified atom stereocenters. The topological polar surface area (TPSA) is 82.0 Å². The van der Waals surface area contributed by atoms with Gasteiger partial charge in [-0.2, -0.15) is 0 Å². The lowest BCUT2D eigenvalue weighted by Gasteiger charge is -2.43. The zero-order valence-corrected chi connectivity index (χ0v) is 11.1. The highest BCUT2D eigenvalue weighted by Gasteiger charge is 2.49. The summed E-state index contributed by atoms with van der Waals surface area (Å²) in [5.74, 6) is -0.217. The molecule has 0 aliphatic heterocycles. The van der Waals surface area contributed by atoms with Crippen molar-refractivity contribution < 1.29 is 4.79 Å². The van der Waals surface area contributed by atoms with Crippen LogP contribution in [0.15, 0.2) is 37.1 Å². The molecule has 102 valence electrons. The van der Waals surface area contributed by atoms with Crippen molar-refractivity contribution in [1.82, 2.24) is 4.98 Å². The van der Waals surface area contributed by atoms with E-state index < -0.39 is 5.41 Å². The normalized spacial score (nSPS) is 30.8. The van der Waals surface area contributed by atoms with Crippen molar-refractivity contribution in [2.45, 2.75) is 37.1 Å². The van der Waals surface area contributed by atoms with Crippen LogP contribution in [0.1, 0.15) is 31.4 Å². The highest BCUT2D eigenvalue weighted by Crippen LogP contribution is 2.44. The molecule has 1 aliphatic rings. The number of amides is 1. The molecule has 1 aromatic rings. The third kappa shape index (κ3) is 2.40. The average Bonchev–Trinajstić information content (AvgIpc) is 2.40. The van der Waals surface area contributed by atoms with E-state index in [1.165, 1.54) is 0 Å². The van der Waals surface area contributed by atoms with Gasteiger partial charge in [-0.15, -0.1) is 6.58 Å². The van der Waals surface area contributed by atoms with Crippen LogP contribution in [0, 0.1) is 5.92 Å². The Morgan fingerprint density at radius 2 is 2.37 bits per heavy atom. The average molecular weight is 259 g/mol. The summed E-state index contributed by atoms with van der Waals surface area (Å²) in [6.07, 6.45) is 6.52. The van der Waals surface area contributed by atoms with Crippen LogP contribution >= 0.6 is 0 Å². The maximum absolute atomic E-state index is 12.2. The van der Waals surface area contributed by atoms with Gasteiger partial charge in [-0.1, -0.05) is 12.1 Å². The second kappa shape index (κ2) is 5.53. The first-order chi connectivity index (χ1) is 9.11. The van der Waals surface area contributed by atoms with Gasteiger partial charge in [0.25, 0.3) is 0 Å². The van der Waals surface area contributed by atoms with E-state index in [1.807, 2.05) is 24.3 Å². The molecule has 1 aromatic heterocycles. The van der Waals surface area contributed by atoms with Gasteiger partial charge >= 0.3 is 0 Å². The molecule has 0 saturated heterocycles. The predicted molar refractivity (Wildman–Crippen MR) is 75.2 cm³/mol. The van der Waals surface area contributed by atoms with Gasteiger partial charge in [0.1, 0.15) is 0 Å². The summed E-state index contributed by atoms with van der Waals surface area (Å²) in [6, 6.07) is 5.75. The van der Waals surface area contributed by atoms with E-state index in [1.54, 1.807) is 6.20 Å². The van der Waals surface area contributed by atoms with Crippen molar-refractivity contribution >= 4 is 5.91 Å². The van der Waals surface area contributed by atoms with Crippen molar-refractivity contribution in [2.24, 2.45) is 17.4 Å². The number of aromatic nitrogens is 1. The summed E-state index contributed by atoms with van der Waals surface area (Å²) in [6.45, 7) is 3.79. The lowest BCUT2D eigenvalue weighted by molar-refractivity contribution is -0.127. The van der Waals surface area contributed by atoms with E-state index in [0.717, 1.165) is 25.0 Å². The van der Waals surface area contributed by atoms with Gasteiger partial charge in [0.2, 0.25) is 5.91 Å². The first kappa shape index (κ1) is 13.7. The van der Waals surface area contributed by atoms with Crippen molar-refractivity contribution in [3.8, 4) is 0 Å². The van der Waals surface area contributed by atoms with Gasteiger partial charge in [-0.3, -0.25) is 9.78 Å². The minimum Gasteiger partial charge on any atom is -0.369 e. The Hall–Kier alpha value is -1.68. The monoisotopic (exact) mass is 259 g/mol. The van der Waals surface area contributed by atoms with Crippen LogP contribution in [0.3, 0.4) is 0 Å². The molecule has 1 fully saturated rings. The van der Waals surface area contributed by atoms with Crippen LogP contribution < -0.4 is 11.5 Å². The van der Waals surface area contributed by atoms with Crippen LogP contribution in [0.25, 0.3) is 0 Å². The smallest absolute Gasteiger partial charge is 0.229 e. The number of carbonyl (C=O) groups is 1. The minimum atomic E-state index is -0.703. The van der Waals surface area contributed by atoms with Crippen LogP contribution in [0.4, 0.5) is 0 Å². The Labute approximate surface area is 113 Å². The number of allylic oxidation sites excluding steroid dienone is 1. The van der Waals surface area contributed by atoms with Crippen molar-refractivity contribution in [1.29, 1.82) is 0 Å². The van der Waals surface area contributed by atoms with E-state index in [0.29, 0.717) is 6.42 Å². The van der Waals surface area contributed by atoms with E-state index in [-0.39, 0.29) is 17.9 Å². The zero-order valence-electron chi connectivity index (χ0n) is 11.1. The maximum atomic E-state index is 12.2. The molecule has 4 nitrogen and oxygen atoms in total. The van der Waals surface area contributed by atoms with Crippen molar-refractivity contribution in [3.63, 3.8) is 0 Å². The van der Waals surface area contributed by atoms with Crippen LogP contribution in [-0.4, -0.2) is 16.9 Å². The van der Waals surface area contributed by atoms with E-state index in [2.05, 4.69) is 11.6 Å². The summed E-state index contributed by atoms with van der Waals surface area (Å²) in [5.41, 5.74) is 11.9. The maximum Gasteiger partial charge on any atom is 0.229 e. The van der Waals surface area contributed by atoms with Crippen molar-refractivity contribution in [2.75, 3.05) is 0 Å². The molecule has 0 spiro atoms. The Morgan fingerprint density at radius 3 is 2.95 bits per heavy atom. The van der Waals surface area contributed by atoms with Gasteiger partial charge < -0.3 is 11.5 Å². The molecular formula is C15H21N3O. The van der Waals surface area contributed by atoms with E-state index in [9.17, 15) is 4.79 Å². The zero-order chi connectivity index (χ0) is 13.9. The molecule has 0 aromatic carbocycles. The van der Waals surface area contributed by atoms with Crippen LogP contribution in [0.5, 0.6) is 0 Å². The summed E-state index contributed by atoms with van der Waals surface area (Å²) in [7, 11) is 0. The number of rotatable bonds is 4. The number of primary amides is 1. The summed E-state index contributed by atoms with van der Waals surface area (Å²) in [5, 5.41) is 0. The highest BCUT2D eigenvalue weighted by molar-refractivity contribution is 5.86. The number of nitrogens with zero attached hydrogens (tertiary/aromatic N) is 1. The summed E-state index contributed by atoms with van der Waals surface area (Å²) >= 11 is 0. The molecule has 1 saturated carbocycles. The number of hydrogen-bond donors (Lipinski definition) is 2. The number of nitrogens with two attached hydrogens (primary N) is 2. The molecule has 4 N–H and O–H groups in total. The van der Waals surface area contributed by atoms with Gasteiger partial charge in [0.15, 0.2) is 0 Å².